The lowest BCUT2D eigenvalue weighted by Gasteiger charge is -2.29. The van der Waals surface area contributed by atoms with Gasteiger partial charge >= 0.3 is 5.97 Å². The molecule has 1 aromatic heterocycles. The first-order valence-corrected chi connectivity index (χ1v) is 9.97. The van der Waals surface area contributed by atoms with Crippen LogP contribution >= 0.6 is 0 Å². The van der Waals surface area contributed by atoms with E-state index in [9.17, 15) is 14.0 Å². The maximum absolute atomic E-state index is 13.1. The number of aromatic nitrogens is 1. The van der Waals surface area contributed by atoms with Crippen molar-refractivity contribution in [3.63, 3.8) is 0 Å². The fourth-order valence-corrected chi connectivity index (χ4v) is 3.41. The van der Waals surface area contributed by atoms with Gasteiger partial charge in [-0.05, 0) is 74.9 Å². The van der Waals surface area contributed by atoms with Crippen molar-refractivity contribution in [2.24, 2.45) is 5.92 Å². The van der Waals surface area contributed by atoms with Gasteiger partial charge < -0.3 is 19.9 Å². The summed E-state index contributed by atoms with van der Waals surface area (Å²) in [6.45, 7) is 2.04. The fraction of sp³-hybridized carbons (Fsp3) is 0.409. The van der Waals surface area contributed by atoms with Gasteiger partial charge in [0, 0.05) is 12.7 Å². The van der Waals surface area contributed by atoms with Crippen LogP contribution in [0.15, 0.2) is 42.6 Å². The van der Waals surface area contributed by atoms with Crippen molar-refractivity contribution >= 4 is 11.9 Å². The van der Waals surface area contributed by atoms with Crippen LogP contribution in [-0.4, -0.2) is 40.7 Å². The minimum Gasteiger partial charge on any atom is -0.479 e. The zero-order chi connectivity index (χ0) is 21.5. The molecule has 8 heteroatoms. The lowest BCUT2D eigenvalue weighted by atomic mass is 9.87. The van der Waals surface area contributed by atoms with E-state index in [1.54, 1.807) is 12.1 Å². The second kappa shape index (κ2) is 10.2. The van der Waals surface area contributed by atoms with Gasteiger partial charge in [-0.15, -0.1) is 0 Å². The number of nitrogens with one attached hydrogen (secondary N) is 1. The summed E-state index contributed by atoms with van der Waals surface area (Å²) in [5.74, 6) is -0.789. The van der Waals surface area contributed by atoms with Crippen LogP contribution in [0.4, 0.5) is 4.39 Å². The molecule has 0 saturated heterocycles. The largest absolute Gasteiger partial charge is 0.479 e. The monoisotopic (exact) mass is 416 g/mol. The number of benzene rings is 1. The summed E-state index contributed by atoms with van der Waals surface area (Å²) in [7, 11) is 0. The Morgan fingerprint density at radius 3 is 2.57 bits per heavy atom. The molecule has 2 aromatic rings. The predicted molar refractivity (Wildman–Crippen MR) is 107 cm³/mol. The van der Waals surface area contributed by atoms with Crippen molar-refractivity contribution in [2.75, 3.05) is 6.54 Å². The Balaban J connectivity index is 1.51. The van der Waals surface area contributed by atoms with Gasteiger partial charge in [0.2, 0.25) is 5.88 Å². The van der Waals surface area contributed by atoms with Crippen LogP contribution in [-0.2, 0) is 9.53 Å². The maximum Gasteiger partial charge on any atom is 0.332 e. The van der Waals surface area contributed by atoms with E-state index in [1.807, 2.05) is 0 Å². The summed E-state index contributed by atoms with van der Waals surface area (Å²) in [6, 6.07) is 8.76. The highest BCUT2D eigenvalue weighted by Gasteiger charge is 2.25. The Bertz CT molecular complexity index is 866. The topological polar surface area (TPSA) is 97.8 Å². The van der Waals surface area contributed by atoms with Crippen LogP contribution < -0.4 is 10.1 Å². The van der Waals surface area contributed by atoms with Crippen molar-refractivity contribution in [1.29, 1.82) is 0 Å². The molecule has 160 valence electrons. The van der Waals surface area contributed by atoms with E-state index in [1.165, 1.54) is 37.4 Å². The predicted octanol–water partition coefficient (Wildman–Crippen LogP) is 3.79. The summed E-state index contributed by atoms with van der Waals surface area (Å²) in [5.41, 5.74) is 0.300. The first kappa shape index (κ1) is 21.7. The van der Waals surface area contributed by atoms with Gasteiger partial charge in [-0.2, -0.15) is 0 Å². The molecular weight excluding hydrogens is 391 g/mol. The van der Waals surface area contributed by atoms with Gasteiger partial charge in [0.15, 0.2) is 6.10 Å². The number of carboxylic acids is 1. The van der Waals surface area contributed by atoms with Gasteiger partial charge in [0.05, 0.1) is 6.10 Å². The molecular formula is C22H25FN2O5. The highest BCUT2D eigenvalue weighted by Crippen LogP contribution is 2.27. The van der Waals surface area contributed by atoms with E-state index in [2.05, 4.69) is 10.3 Å². The quantitative estimate of drug-likeness (QED) is 0.680. The molecule has 0 spiro atoms. The second-order valence-electron chi connectivity index (χ2n) is 7.38. The average Bonchev–Trinajstić information content (AvgIpc) is 2.75. The minimum absolute atomic E-state index is 0.0583. The third-order valence-electron chi connectivity index (χ3n) is 5.13. The Morgan fingerprint density at radius 2 is 1.90 bits per heavy atom. The standard InChI is InChI=1S/C22H25FN2O5/c1-14(22(27)28)29-17-8-4-15(5-9-17)13-25-20(26)19-3-2-12-24-21(19)30-18-10-6-16(23)7-11-18/h2-3,6-7,10-12,14-15,17H,4-5,8-9,13H2,1H3,(H,25,26)(H,27,28)/t14-,15?,17?/m1/s1. The summed E-state index contributed by atoms with van der Waals surface area (Å²) in [4.78, 5) is 27.7. The third kappa shape index (κ3) is 6.00. The minimum atomic E-state index is -0.959. The summed E-state index contributed by atoms with van der Waals surface area (Å²) >= 11 is 0. The first-order chi connectivity index (χ1) is 14.4. The number of aliphatic carboxylic acids is 1. The van der Waals surface area contributed by atoms with Gasteiger partial charge in [0.1, 0.15) is 17.1 Å². The number of nitrogens with zero attached hydrogens (tertiary/aromatic N) is 1. The molecule has 2 N–H and O–H groups in total. The van der Waals surface area contributed by atoms with E-state index < -0.39 is 12.1 Å². The van der Waals surface area contributed by atoms with Crippen LogP contribution in [0.2, 0.25) is 0 Å². The SMILES string of the molecule is C[C@@H](OC1CCC(CNC(=O)c2cccnc2Oc2ccc(F)cc2)CC1)C(=O)O. The number of pyridine rings is 1. The summed E-state index contributed by atoms with van der Waals surface area (Å²) in [5, 5.41) is 11.9. The lowest BCUT2D eigenvalue weighted by Crippen LogP contribution is -2.34. The molecule has 30 heavy (non-hydrogen) atoms. The molecule has 0 aliphatic heterocycles. The Hall–Kier alpha value is -3.00. The number of amides is 1. The fourth-order valence-electron chi connectivity index (χ4n) is 3.41. The average molecular weight is 416 g/mol. The Morgan fingerprint density at radius 1 is 1.20 bits per heavy atom. The van der Waals surface area contributed by atoms with Crippen molar-refractivity contribution in [1.82, 2.24) is 10.3 Å². The smallest absolute Gasteiger partial charge is 0.332 e. The van der Waals surface area contributed by atoms with E-state index in [4.69, 9.17) is 14.6 Å². The molecule has 1 heterocycles. The number of carbonyl (C=O) groups is 2. The number of hydrogen-bond acceptors (Lipinski definition) is 5. The van der Waals surface area contributed by atoms with Gasteiger partial charge in [-0.1, -0.05) is 0 Å². The maximum atomic E-state index is 13.1. The van der Waals surface area contributed by atoms with E-state index in [-0.39, 0.29) is 23.7 Å². The van der Waals surface area contributed by atoms with Gasteiger partial charge in [-0.25, -0.2) is 14.2 Å². The lowest BCUT2D eigenvalue weighted by molar-refractivity contribution is -0.154. The molecule has 0 unspecified atom stereocenters. The summed E-state index contributed by atoms with van der Waals surface area (Å²) < 4.78 is 24.2. The number of carboxylic acid groups (broad SMARTS) is 1. The number of carbonyl (C=O) groups excluding carboxylic acids is 1. The third-order valence-corrected chi connectivity index (χ3v) is 5.13. The molecule has 1 amide bonds. The number of halogens is 1. The molecule has 1 aliphatic carbocycles. The zero-order valence-corrected chi connectivity index (χ0v) is 16.7. The number of rotatable bonds is 8. The van der Waals surface area contributed by atoms with Crippen molar-refractivity contribution in [2.45, 2.75) is 44.8 Å². The summed E-state index contributed by atoms with van der Waals surface area (Å²) in [6.07, 6.45) is 3.89. The van der Waals surface area contributed by atoms with Crippen molar-refractivity contribution in [3.8, 4) is 11.6 Å². The highest BCUT2D eigenvalue weighted by atomic mass is 19.1. The second-order valence-corrected chi connectivity index (χ2v) is 7.38. The Labute approximate surface area is 174 Å². The molecule has 0 bridgehead atoms. The van der Waals surface area contributed by atoms with Crippen LogP contribution in [0.5, 0.6) is 11.6 Å². The van der Waals surface area contributed by atoms with Gasteiger partial charge in [0.25, 0.3) is 5.91 Å². The number of hydrogen-bond donors (Lipinski definition) is 2. The molecule has 1 saturated carbocycles. The highest BCUT2D eigenvalue weighted by molar-refractivity contribution is 5.96. The zero-order valence-electron chi connectivity index (χ0n) is 16.7. The molecule has 1 atom stereocenters. The first-order valence-electron chi connectivity index (χ1n) is 9.97. The molecule has 7 nitrogen and oxygen atoms in total. The van der Waals surface area contributed by atoms with Crippen molar-refractivity contribution in [3.05, 3.63) is 54.0 Å². The van der Waals surface area contributed by atoms with Crippen LogP contribution in [0, 0.1) is 11.7 Å². The van der Waals surface area contributed by atoms with Crippen LogP contribution in [0.1, 0.15) is 43.0 Å². The van der Waals surface area contributed by atoms with E-state index in [0.29, 0.717) is 23.8 Å². The van der Waals surface area contributed by atoms with Crippen LogP contribution in [0.25, 0.3) is 0 Å². The molecule has 1 aromatic carbocycles. The van der Waals surface area contributed by atoms with Crippen LogP contribution in [0.3, 0.4) is 0 Å². The molecule has 1 aliphatic rings. The molecule has 1 fully saturated rings. The normalized spacial score (nSPS) is 19.7. The van der Waals surface area contributed by atoms with E-state index in [0.717, 1.165) is 25.7 Å². The van der Waals surface area contributed by atoms with Crippen molar-refractivity contribution < 1.29 is 28.6 Å². The van der Waals surface area contributed by atoms with Gasteiger partial charge in [-0.3, -0.25) is 4.79 Å². The molecule has 3 rings (SSSR count). The van der Waals surface area contributed by atoms with E-state index >= 15 is 0 Å². The number of ether oxygens (including phenoxy) is 2. The Kier molecular flexibility index (Phi) is 7.35. The molecule has 0 radical (unpaired) electrons.